The molecule has 0 saturated carbocycles. The SMILES string of the molecule is [B][C@@H]1O[C@H](CC(CC)(CC)OP(=O)(O)C(C)(O)CC)[C@@H](O)[C@H]1F. The summed E-state index contributed by atoms with van der Waals surface area (Å²) in [5.74, 6) is 0. The molecule has 1 rings (SSSR count). The van der Waals surface area contributed by atoms with Gasteiger partial charge < -0.3 is 19.8 Å². The molecule has 1 aliphatic heterocycles. The van der Waals surface area contributed by atoms with Gasteiger partial charge in [0.25, 0.3) is 0 Å². The van der Waals surface area contributed by atoms with Gasteiger partial charge in [0.2, 0.25) is 0 Å². The summed E-state index contributed by atoms with van der Waals surface area (Å²) in [6, 6.07) is -1.24. The van der Waals surface area contributed by atoms with E-state index in [1.165, 1.54) is 6.92 Å². The minimum atomic E-state index is -4.36. The number of alkyl halides is 1. The highest BCUT2D eigenvalue weighted by Gasteiger charge is 2.50. The lowest BCUT2D eigenvalue weighted by Crippen LogP contribution is -2.41. The van der Waals surface area contributed by atoms with Crippen LogP contribution in [0.5, 0.6) is 0 Å². The topological polar surface area (TPSA) is 96.2 Å². The summed E-state index contributed by atoms with van der Waals surface area (Å²) in [4.78, 5) is 10.2. The Morgan fingerprint density at radius 2 is 1.83 bits per heavy atom. The van der Waals surface area contributed by atoms with Crippen molar-refractivity contribution in [2.24, 2.45) is 0 Å². The van der Waals surface area contributed by atoms with Crippen LogP contribution in [-0.2, 0) is 13.8 Å². The van der Waals surface area contributed by atoms with Gasteiger partial charge in [-0.1, -0.05) is 20.8 Å². The van der Waals surface area contributed by atoms with E-state index in [9.17, 15) is 24.1 Å². The zero-order valence-electron chi connectivity index (χ0n) is 14.1. The molecule has 1 saturated heterocycles. The lowest BCUT2D eigenvalue weighted by atomic mass is 9.88. The third kappa shape index (κ3) is 4.36. The van der Waals surface area contributed by atoms with Gasteiger partial charge in [0.15, 0.2) is 5.34 Å². The minimum absolute atomic E-state index is 0.000366. The van der Waals surface area contributed by atoms with Crippen LogP contribution in [0.2, 0.25) is 0 Å². The van der Waals surface area contributed by atoms with Crippen molar-refractivity contribution in [1.82, 2.24) is 0 Å². The van der Waals surface area contributed by atoms with Gasteiger partial charge in [-0.2, -0.15) is 0 Å². The summed E-state index contributed by atoms with van der Waals surface area (Å²) in [5, 5.41) is 18.1. The van der Waals surface area contributed by atoms with Crippen LogP contribution >= 0.6 is 7.60 Å². The molecule has 134 valence electrons. The Labute approximate surface area is 138 Å². The summed E-state index contributed by atoms with van der Waals surface area (Å²) >= 11 is 0. The molecule has 1 heterocycles. The fourth-order valence-electron chi connectivity index (χ4n) is 2.56. The summed E-state index contributed by atoms with van der Waals surface area (Å²) in [7, 11) is 1.07. The molecule has 6 atom stereocenters. The number of aliphatic hydroxyl groups excluding tert-OH is 1. The maximum atomic E-state index is 13.6. The van der Waals surface area contributed by atoms with E-state index in [2.05, 4.69) is 0 Å². The van der Waals surface area contributed by atoms with Gasteiger partial charge in [-0.15, -0.1) is 0 Å². The molecule has 3 N–H and O–H groups in total. The van der Waals surface area contributed by atoms with E-state index in [0.717, 1.165) is 0 Å². The molecule has 6 nitrogen and oxygen atoms in total. The van der Waals surface area contributed by atoms with Crippen molar-refractivity contribution in [2.45, 2.75) is 88.7 Å². The molecule has 0 aromatic heterocycles. The molecule has 2 unspecified atom stereocenters. The first-order valence-corrected chi connectivity index (χ1v) is 9.52. The third-order valence-electron chi connectivity index (χ3n) is 4.81. The first kappa shape index (κ1) is 21.1. The molecule has 23 heavy (non-hydrogen) atoms. The van der Waals surface area contributed by atoms with E-state index in [0.29, 0.717) is 12.8 Å². The van der Waals surface area contributed by atoms with E-state index in [1.54, 1.807) is 20.8 Å². The molecule has 9 heteroatoms. The van der Waals surface area contributed by atoms with Gasteiger partial charge in [0.05, 0.1) is 17.7 Å². The Kier molecular flexibility index (Phi) is 6.87. The first-order valence-electron chi connectivity index (χ1n) is 7.94. The van der Waals surface area contributed by atoms with Gasteiger partial charge in [-0.3, -0.25) is 9.09 Å². The predicted molar refractivity (Wildman–Crippen MR) is 85.1 cm³/mol. The summed E-state index contributed by atoms with van der Waals surface area (Å²) < 4.78 is 36.8. The number of rotatable bonds is 8. The molecule has 0 bridgehead atoms. The van der Waals surface area contributed by atoms with E-state index in [4.69, 9.17) is 17.1 Å². The molecule has 0 amide bonds. The van der Waals surface area contributed by atoms with Crippen molar-refractivity contribution in [3.63, 3.8) is 0 Å². The van der Waals surface area contributed by atoms with Gasteiger partial charge in [-0.25, -0.2) is 4.39 Å². The first-order chi connectivity index (χ1) is 10.4. The largest absolute Gasteiger partial charge is 0.387 e. The molecule has 2 radical (unpaired) electrons. The highest BCUT2D eigenvalue weighted by atomic mass is 31.2. The summed E-state index contributed by atoms with van der Waals surface area (Å²) in [6.07, 6.45) is -3.39. The summed E-state index contributed by atoms with van der Waals surface area (Å²) in [5.41, 5.74) is -1.14. The Morgan fingerprint density at radius 3 is 2.17 bits per heavy atom. The van der Waals surface area contributed by atoms with Gasteiger partial charge in [-0.05, 0) is 26.2 Å². The van der Waals surface area contributed by atoms with Crippen LogP contribution in [-0.4, -0.2) is 58.3 Å². The number of hydrogen-bond acceptors (Lipinski definition) is 5. The van der Waals surface area contributed by atoms with Crippen molar-refractivity contribution in [2.75, 3.05) is 0 Å². The van der Waals surface area contributed by atoms with Crippen molar-refractivity contribution < 1.29 is 33.3 Å². The zero-order chi connectivity index (χ0) is 18.1. The van der Waals surface area contributed by atoms with Crippen LogP contribution in [0, 0.1) is 0 Å². The smallest absolute Gasteiger partial charge is 0.359 e. The van der Waals surface area contributed by atoms with Crippen molar-refractivity contribution in [1.29, 1.82) is 0 Å². The second-order valence-corrected chi connectivity index (χ2v) is 8.54. The van der Waals surface area contributed by atoms with Gasteiger partial charge in [0.1, 0.15) is 20.1 Å². The van der Waals surface area contributed by atoms with E-state index in [1.807, 2.05) is 0 Å². The molecule has 0 spiro atoms. The summed E-state index contributed by atoms with van der Waals surface area (Å²) in [6.45, 7) is 6.30. The minimum Gasteiger partial charge on any atom is -0.387 e. The molecule has 0 aromatic carbocycles. The average Bonchev–Trinajstić information content (AvgIpc) is 2.73. The molecule has 1 aliphatic rings. The van der Waals surface area contributed by atoms with Gasteiger partial charge >= 0.3 is 7.60 Å². The lowest BCUT2D eigenvalue weighted by molar-refractivity contribution is -0.0531. The van der Waals surface area contributed by atoms with Crippen molar-refractivity contribution in [3.05, 3.63) is 0 Å². The van der Waals surface area contributed by atoms with Crippen LogP contribution in [0.15, 0.2) is 0 Å². The number of halogens is 1. The number of hydrogen-bond donors (Lipinski definition) is 3. The zero-order valence-corrected chi connectivity index (χ0v) is 15.0. The number of aliphatic hydroxyl groups is 2. The fourth-order valence-corrected chi connectivity index (χ4v) is 4.01. The maximum absolute atomic E-state index is 13.6. The molecule has 0 aliphatic carbocycles. The molecule has 1 fully saturated rings. The van der Waals surface area contributed by atoms with Crippen LogP contribution in [0.4, 0.5) is 4.39 Å². The van der Waals surface area contributed by atoms with Crippen LogP contribution in [0.3, 0.4) is 0 Å². The van der Waals surface area contributed by atoms with Crippen LogP contribution < -0.4 is 0 Å². The number of ether oxygens (including phenoxy) is 1. The maximum Gasteiger partial charge on any atom is 0.359 e. The predicted octanol–water partition coefficient (Wildman–Crippen LogP) is 1.85. The van der Waals surface area contributed by atoms with E-state index in [-0.39, 0.29) is 12.8 Å². The second kappa shape index (κ2) is 7.50. The quantitative estimate of drug-likeness (QED) is 0.456. The highest BCUT2D eigenvalue weighted by Crippen LogP contribution is 2.59. The Balaban J connectivity index is 2.98. The standard InChI is InChI=1S/C14H27BFO6P/c1-5-13(4,18)23(19,20)22-14(6-2,7-3)8-9-11(17)10(16)12(15)21-9/h9-12,17-18H,5-8H2,1-4H3,(H,19,20)/t9-,10-,11-,12-,13?/m1/s1. The highest BCUT2D eigenvalue weighted by molar-refractivity contribution is 7.54. The Hall–Kier alpha value is 0.0249. The second-order valence-electron chi connectivity index (χ2n) is 6.35. The Bertz CT molecular complexity index is 445. The molecular weight excluding hydrogens is 325 g/mol. The Morgan fingerprint density at radius 1 is 1.30 bits per heavy atom. The van der Waals surface area contributed by atoms with Crippen LogP contribution in [0.1, 0.15) is 53.4 Å². The van der Waals surface area contributed by atoms with Crippen LogP contribution in [0.25, 0.3) is 0 Å². The van der Waals surface area contributed by atoms with Crippen molar-refractivity contribution >= 4 is 15.4 Å². The van der Waals surface area contributed by atoms with Gasteiger partial charge in [0, 0.05) is 6.42 Å². The molecule has 0 aromatic rings. The monoisotopic (exact) mass is 352 g/mol. The lowest BCUT2D eigenvalue weighted by Gasteiger charge is -2.39. The third-order valence-corrected chi connectivity index (χ3v) is 6.98. The average molecular weight is 352 g/mol. The molecular formula is C14H27BFO6P. The fraction of sp³-hybridized carbons (Fsp3) is 1.00. The normalized spacial score (nSPS) is 34.1. The van der Waals surface area contributed by atoms with E-state index < -0.39 is 42.9 Å². The van der Waals surface area contributed by atoms with Crippen molar-refractivity contribution in [3.8, 4) is 0 Å². The van der Waals surface area contributed by atoms with E-state index >= 15 is 0 Å².